The van der Waals surface area contributed by atoms with Gasteiger partial charge < -0.3 is 4.79 Å². The van der Waals surface area contributed by atoms with Gasteiger partial charge >= 0.3 is 6.18 Å². The topological polar surface area (TPSA) is 17.1 Å². The molecular weight excluding hydrogens is 253 g/mol. The molecule has 3 unspecified atom stereocenters. The molecule has 0 N–H and O–H groups in total. The summed E-state index contributed by atoms with van der Waals surface area (Å²) in [6.07, 6.45) is -1.06. The number of aldehydes is 1. The van der Waals surface area contributed by atoms with Crippen LogP contribution in [-0.2, 0) is 4.79 Å². The largest absolute Gasteiger partial charge is 0.395 e. The second-order valence-electron chi connectivity index (χ2n) is 6.99. The van der Waals surface area contributed by atoms with E-state index < -0.39 is 22.9 Å². The molecule has 0 aromatic carbocycles. The van der Waals surface area contributed by atoms with E-state index in [4.69, 9.17) is 0 Å². The third-order valence-corrected chi connectivity index (χ3v) is 6.02. The summed E-state index contributed by atoms with van der Waals surface area (Å²) in [6.45, 7) is 5.73. The molecule has 0 saturated heterocycles. The number of allylic oxidation sites excluding steroid dienone is 1. The molecule has 19 heavy (non-hydrogen) atoms. The van der Waals surface area contributed by atoms with Gasteiger partial charge in [-0.05, 0) is 50.9 Å². The Kier molecular flexibility index (Phi) is 2.53. The third kappa shape index (κ3) is 1.46. The van der Waals surface area contributed by atoms with Gasteiger partial charge in [-0.1, -0.05) is 12.2 Å². The van der Waals surface area contributed by atoms with Crippen LogP contribution in [0.3, 0.4) is 0 Å². The molecule has 4 aliphatic carbocycles. The van der Waals surface area contributed by atoms with Crippen molar-refractivity contribution in [1.29, 1.82) is 0 Å². The molecule has 4 saturated carbocycles. The monoisotopic (exact) mass is 272 g/mol. The number of halogens is 3. The van der Waals surface area contributed by atoms with Gasteiger partial charge in [-0.25, -0.2) is 0 Å². The summed E-state index contributed by atoms with van der Waals surface area (Å²) in [4.78, 5) is 11.5. The maximum atomic E-state index is 13.7. The minimum Gasteiger partial charge on any atom is -0.303 e. The summed E-state index contributed by atoms with van der Waals surface area (Å²) < 4.78 is 41.0. The quantitative estimate of drug-likeness (QED) is 0.545. The van der Waals surface area contributed by atoms with Gasteiger partial charge in [0.25, 0.3) is 0 Å². The highest BCUT2D eigenvalue weighted by Gasteiger charge is 2.72. The second-order valence-corrected chi connectivity index (χ2v) is 6.99. The number of hydrogen-bond acceptors (Lipinski definition) is 1. The summed E-state index contributed by atoms with van der Waals surface area (Å²) in [5, 5.41) is 0. The van der Waals surface area contributed by atoms with E-state index in [0.29, 0.717) is 6.29 Å². The highest BCUT2D eigenvalue weighted by molar-refractivity contribution is 5.60. The smallest absolute Gasteiger partial charge is 0.303 e. The van der Waals surface area contributed by atoms with E-state index in [1.807, 2.05) is 0 Å². The van der Waals surface area contributed by atoms with E-state index in [2.05, 4.69) is 6.58 Å². The summed E-state index contributed by atoms with van der Waals surface area (Å²) >= 11 is 0. The lowest BCUT2D eigenvalue weighted by Gasteiger charge is -2.65. The van der Waals surface area contributed by atoms with E-state index in [9.17, 15) is 18.0 Å². The van der Waals surface area contributed by atoms with E-state index in [1.54, 1.807) is 6.92 Å². The molecule has 4 heteroatoms. The second kappa shape index (κ2) is 3.64. The Morgan fingerprint density at radius 1 is 1.21 bits per heavy atom. The Hall–Kier alpha value is -0.800. The zero-order chi connectivity index (χ0) is 14.1. The molecule has 0 aliphatic heterocycles. The Labute approximate surface area is 111 Å². The van der Waals surface area contributed by atoms with E-state index in [-0.39, 0.29) is 24.7 Å². The molecule has 0 radical (unpaired) electrons. The fraction of sp³-hybridized carbons (Fsp3) is 0.800. The molecule has 1 nitrogen and oxygen atoms in total. The Morgan fingerprint density at radius 2 is 1.74 bits per heavy atom. The number of hydrogen-bond donors (Lipinski definition) is 0. The molecule has 0 aromatic rings. The van der Waals surface area contributed by atoms with Crippen LogP contribution in [0.1, 0.15) is 39.0 Å². The van der Waals surface area contributed by atoms with Crippen LogP contribution in [0.4, 0.5) is 13.2 Å². The average molecular weight is 272 g/mol. The average Bonchev–Trinajstić information content (AvgIpc) is 2.26. The van der Waals surface area contributed by atoms with Crippen molar-refractivity contribution in [3.8, 4) is 0 Å². The van der Waals surface area contributed by atoms with Gasteiger partial charge in [0.2, 0.25) is 0 Å². The summed E-state index contributed by atoms with van der Waals surface area (Å²) in [5.41, 5.74) is -1.61. The summed E-state index contributed by atoms with van der Waals surface area (Å²) in [5.74, 6) is -0.700. The molecule has 0 heterocycles. The first kappa shape index (κ1) is 13.2. The molecule has 3 atom stereocenters. The molecule has 4 aliphatic rings. The number of carbonyl (C=O) groups excluding carboxylic acids is 1. The Bertz CT molecular complexity index is 423. The number of rotatable bonds is 2. The van der Waals surface area contributed by atoms with E-state index in [0.717, 1.165) is 24.8 Å². The van der Waals surface area contributed by atoms with Gasteiger partial charge in [0, 0.05) is 11.3 Å². The highest BCUT2D eigenvalue weighted by atomic mass is 19.4. The molecule has 106 valence electrons. The van der Waals surface area contributed by atoms with Crippen LogP contribution in [0, 0.1) is 28.6 Å². The minimum atomic E-state index is -4.28. The van der Waals surface area contributed by atoms with Gasteiger partial charge in [0.05, 0.1) is 5.41 Å². The van der Waals surface area contributed by atoms with Crippen LogP contribution < -0.4 is 0 Å². The van der Waals surface area contributed by atoms with Crippen molar-refractivity contribution in [2.75, 3.05) is 0 Å². The fourth-order valence-corrected chi connectivity index (χ4v) is 5.50. The number of carbonyl (C=O) groups is 1. The highest BCUT2D eigenvalue weighted by Crippen LogP contribution is 2.73. The Morgan fingerprint density at radius 3 is 2.11 bits per heavy atom. The molecule has 4 fully saturated rings. The SMILES string of the molecule is C=C(C)C12CC3CC(C1)CC(C(F)(F)F)(C3)C2C=O. The minimum absolute atomic E-state index is 0.113. The normalized spacial score (nSPS) is 48.3. The maximum Gasteiger partial charge on any atom is 0.395 e. The molecule has 0 amide bonds. The zero-order valence-corrected chi connectivity index (χ0v) is 11.1. The number of alkyl halides is 3. The lowest BCUT2D eigenvalue weighted by molar-refractivity contribution is -0.301. The van der Waals surface area contributed by atoms with Gasteiger partial charge in [-0.2, -0.15) is 13.2 Å². The first-order valence-corrected chi connectivity index (χ1v) is 6.93. The van der Waals surface area contributed by atoms with Crippen LogP contribution in [0.25, 0.3) is 0 Å². The van der Waals surface area contributed by atoms with Crippen molar-refractivity contribution in [3.63, 3.8) is 0 Å². The van der Waals surface area contributed by atoms with Crippen molar-refractivity contribution >= 4 is 6.29 Å². The van der Waals surface area contributed by atoms with Crippen LogP contribution in [0.2, 0.25) is 0 Å². The van der Waals surface area contributed by atoms with Gasteiger partial charge in [-0.15, -0.1) is 0 Å². The van der Waals surface area contributed by atoms with E-state index >= 15 is 0 Å². The fourth-order valence-electron chi connectivity index (χ4n) is 5.50. The standard InChI is InChI=1S/C15H19F3O/c1-9(2)13-4-10-3-11(5-13)7-14(6-10,12(13)8-19)15(16,17)18/h8,10-12H,1,3-7H2,2H3. The van der Waals surface area contributed by atoms with Crippen LogP contribution >= 0.6 is 0 Å². The lowest BCUT2D eigenvalue weighted by atomic mass is 9.38. The predicted molar refractivity (Wildman–Crippen MR) is 65.4 cm³/mol. The van der Waals surface area contributed by atoms with Crippen molar-refractivity contribution in [2.24, 2.45) is 28.6 Å². The summed E-state index contributed by atoms with van der Waals surface area (Å²) in [7, 11) is 0. The van der Waals surface area contributed by atoms with Gasteiger partial charge in [-0.3, -0.25) is 0 Å². The molecule has 0 aromatic heterocycles. The van der Waals surface area contributed by atoms with Crippen molar-refractivity contribution in [2.45, 2.75) is 45.2 Å². The van der Waals surface area contributed by atoms with Crippen molar-refractivity contribution < 1.29 is 18.0 Å². The van der Waals surface area contributed by atoms with Crippen LogP contribution in [0.15, 0.2) is 12.2 Å². The molecule has 0 spiro atoms. The first-order valence-electron chi connectivity index (χ1n) is 6.93. The van der Waals surface area contributed by atoms with E-state index in [1.165, 1.54) is 0 Å². The molecule has 4 bridgehead atoms. The maximum absolute atomic E-state index is 13.7. The van der Waals surface area contributed by atoms with Crippen LogP contribution in [0.5, 0.6) is 0 Å². The predicted octanol–water partition coefficient (Wildman–Crippen LogP) is 4.14. The molecular formula is C15H19F3O. The Balaban J connectivity index is 2.16. The van der Waals surface area contributed by atoms with Crippen molar-refractivity contribution in [1.82, 2.24) is 0 Å². The lowest BCUT2D eigenvalue weighted by Crippen LogP contribution is -2.64. The third-order valence-electron chi connectivity index (χ3n) is 6.02. The zero-order valence-electron chi connectivity index (χ0n) is 11.1. The van der Waals surface area contributed by atoms with Crippen molar-refractivity contribution in [3.05, 3.63) is 12.2 Å². The summed E-state index contributed by atoms with van der Waals surface area (Å²) in [6, 6.07) is 0. The first-order chi connectivity index (χ1) is 8.75. The molecule has 4 rings (SSSR count). The van der Waals surface area contributed by atoms with Crippen LogP contribution in [-0.4, -0.2) is 12.5 Å². The van der Waals surface area contributed by atoms with Gasteiger partial charge in [0.1, 0.15) is 6.29 Å². The van der Waals surface area contributed by atoms with Gasteiger partial charge in [0.15, 0.2) is 0 Å².